The fourth-order valence-electron chi connectivity index (χ4n) is 1.77. The predicted molar refractivity (Wildman–Crippen MR) is 73.6 cm³/mol. The summed E-state index contributed by atoms with van der Waals surface area (Å²) in [6.45, 7) is 0.350. The minimum atomic E-state index is -1.15. The number of rotatable bonds is 5. The Morgan fingerprint density at radius 2 is 2.05 bits per heavy atom. The van der Waals surface area contributed by atoms with Gasteiger partial charge in [0.1, 0.15) is 11.5 Å². The highest BCUT2D eigenvalue weighted by Crippen LogP contribution is 2.04. The summed E-state index contributed by atoms with van der Waals surface area (Å²) in [5, 5.41) is 11.4. The molecule has 0 unspecified atom stereocenters. The molecule has 108 valence electrons. The Balaban J connectivity index is 1.88. The molecule has 0 bridgehead atoms. The lowest BCUT2D eigenvalue weighted by molar-refractivity contribution is 0.0689. The topological polar surface area (TPSA) is 79.3 Å². The van der Waals surface area contributed by atoms with Crippen LogP contribution in [0, 0.1) is 5.82 Å². The van der Waals surface area contributed by atoms with Crippen LogP contribution in [-0.4, -0.2) is 28.5 Å². The van der Waals surface area contributed by atoms with E-state index in [1.54, 1.807) is 12.1 Å². The van der Waals surface area contributed by atoms with E-state index in [4.69, 9.17) is 5.11 Å². The van der Waals surface area contributed by atoms with Gasteiger partial charge >= 0.3 is 5.97 Å². The lowest BCUT2D eigenvalue weighted by Crippen LogP contribution is -2.26. The molecule has 1 heterocycles. The maximum Gasteiger partial charge on any atom is 0.354 e. The molecule has 1 aromatic carbocycles. The van der Waals surface area contributed by atoms with Crippen LogP contribution in [0.4, 0.5) is 4.39 Å². The van der Waals surface area contributed by atoms with Crippen molar-refractivity contribution in [2.24, 2.45) is 0 Å². The zero-order valence-corrected chi connectivity index (χ0v) is 11.0. The minimum Gasteiger partial charge on any atom is -0.477 e. The van der Waals surface area contributed by atoms with Gasteiger partial charge in [-0.25, -0.2) is 14.2 Å². The molecule has 0 fully saturated rings. The Labute approximate surface area is 120 Å². The van der Waals surface area contributed by atoms with Crippen LogP contribution in [0.15, 0.2) is 42.6 Å². The van der Waals surface area contributed by atoms with Crippen LogP contribution < -0.4 is 5.32 Å². The quantitative estimate of drug-likeness (QED) is 0.880. The number of aromatic carboxylic acids is 1. The number of nitrogens with one attached hydrogen (secondary N) is 1. The van der Waals surface area contributed by atoms with Crippen molar-refractivity contribution >= 4 is 11.9 Å². The van der Waals surface area contributed by atoms with Gasteiger partial charge in [0.05, 0.1) is 5.56 Å². The maximum absolute atomic E-state index is 13.0. The number of halogens is 1. The molecule has 1 aromatic heterocycles. The molecule has 1 amide bonds. The molecule has 21 heavy (non-hydrogen) atoms. The Morgan fingerprint density at radius 1 is 1.24 bits per heavy atom. The van der Waals surface area contributed by atoms with Gasteiger partial charge < -0.3 is 10.4 Å². The number of carboxylic acids is 1. The number of aromatic nitrogens is 1. The van der Waals surface area contributed by atoms with Crippen LogP contribution >= 0.6 is 0 Å². The normalized spacial score (nSPS) is 10.1. The first-order valence-electron chi connectivity index (χ1n) is 6.28. The molecule has 0 saturated heterocycles. The number of carbonyl (C=O) groups is 2. The van der Waals surface area contributed by atoms with Gasteiger partial charge in [0.2, 0.25) is 0 Å². The summed E-state index contributed by atoms with van der Waals surface area (Å²) in [6, 6.07) is 8.82. The number of benzene rings is 1. The second-order valence-electron chi connectivity index (χ2n) is 4.37. The van der Waals surface area contributed by atoms with E-state index in [1.165, 1.54) is 30.5 Å². The van der Waals surface area contributed by atoms with Gasteiger partial charge in [-0.15, -0.1) is 0 Å². The molecule has 5 nitrogen and oxygen atoms in total. The summed E-state index contributed by atoms with van der Waals surface area (Å²) in [4.78, 5) is 26.1. The molecule has 0 spiro atoms. The molecular weight excluding hydrogens is 275 g/mol. The van der Waals surface area contributed by atoms with Crippen molar-refractivity contribution in [1.29, 1.82) is 0 Å². The largest absolute Gasteiger partial charge is 0.477 e. The molecular formula is C15H13FN2O3. The highest BCUT2D eigenvalue weighted by molar-refractivity contribution is 5.94. The van der Waals surface area contributed by atoms with Crippen LogP contribution in [0.2, 0.25) is 0 Å². The average molecular weight is 288 g/mol. The monoisotopic (exact) mass is 288 g/mol. The van der Waals surface area contributed by atoms with Crippen molar-refractivity contribution in [2.45, 2.75) is 6.42 Å². The van der Waals surface area contributed by atoms with Crippen molar-refractivity contribution in [3.63, 3.8) is 0 Å². The number of hydrogen-bond donors (Lipinski definition) is 2. The summed E-state index contributed by atoms with van der Waals surface area (Å²) < 4.78 is 13.0. The summed E-state index contributed by atoms with van der Waals surface area (Å²) in [6.07, 6.45) is 1.71. The summed E-state index contributed by atoms with van der Waals surface area (Å²) in [5.41, 5.74) is 0.945. The fraction of sp³-hybridized carbons (Fsp3) is 0.133. The van der Waals surface area contributed by atoms with Gasteiger partial charge in [0.25, 0.3) is 5.91 Å². The van der Waals surface area contributed by atoms with Crippen LogP contribution in [-0.2, 0) is 6.42 Å². The molecule has 0 aliphatic heterocycles. The molecule has 0 atom stereocenters. The highest BCUT2D eigenvalue weighted by Gasteiger charge is 2.08. The first-order chi connectivity index (χ1) is 10.1. The van der Waals surface area contributed by atoms with Gasteiger partial charge in [0, 0.05) is 12.7 Å². The molecule has 6 heteroatoms. The second kappa shape index (κ2) is 6.60. The fourth-order valence-corrected chi connectivity index (χ4v) is 1.77. The van der Waals surface area contributed by atoms with Crippen molar-refractivity contribution in [1.82, 2.24) is 10.3 Å². The molecule has 2 N–H and O–H groups in total. The van der Waals surface area contributed by atoms with E-state index in [2.05, 4.69) is 10.3 Å². The molecule has 0 radical (unpaired) electrons. The smallest absolute Gasteiger partial charge is 0.354 e. The third-order valence-corrected chi connectivity index (χ3v) is 2.83. The van der Waals surface area contributed by atoms with E-state index in [-0.39, 0.29) is 23.0 Å². The predicted octanol–water partition coefficient (Wildman–Crippen LogP) is 1.89. The van der Waals surface area contributed by atoms with E-state index in [0.717, 1.165) is 5.56 Å². The zero-order valence-electron chi connectivity index (χ0n) is 11.0. The Morgan fingerprint density at radius 3 is 2.67 bits per heavy atom. The average Bonchev–Trinajstić information content (AvgIpc) is 2.47. The summed E-state index contributed by atoms with van der Waals surface area (Å²) in [7, 11) is 0. The van der Waals surface area contributed by atoms with Gasteiger partial charge in [-0.05, 0) is 36.2 Å². The number of carboxylic acid groups (broad SMARTS) is 1. The number of pyridine rings is 1. The first-order valence-corrected chi connectivity index (χ1v) is 6.28. The summed E-state index contributed by atoms with van der Waals surface area (Å²) >= 11 is 0. The Kier molecular flexibility index (Phi) is 4.61. The number of hydrogen-bond acceptors (Lipinski definition) is 3. The van der Waals surface area contributed by atoms with E-state index >= 15 is 0 Å². The Bertz CT molecular complexity index is 656. The molecule has 2 rings (SSSR count). The van der Waals surface area contributed by atoms with Gasteiger partial charge in [0.15, 0.2) is 0 Å². The van der Waals surface area contributed by atoms with Crippen LogP contribution in [0.1, 0.15) is 26.4 Å². The van der Waals surface area contributed by atoms with E-state index in [0.29, 0.717) is 13.0 Å². The summed E-state index contributed by atoms with van der Waals surface area (Å²) in [5.74, 6) is -1.81. The lowest BCUT2D eigenvalue weighted by atomic mass is 10.1. The van der Waals surface area contributed by atoms with Crippen LogP contribution in [0.5, 0.6) is 0 Å². The third-order valence-electron chi connectivity index (χ3n) is 2.83. The molecule has 0 aliphatic carbocycles. The highest BCUT2D eigenvalue weighted by atomic mass is 19.1. The third kappa shape index (κ3) is 4.10. The molecule has 2 aromatic rings. The Hall–Kier alpha value is -2.76. The van der Waals surface area contributed by atoms with Crippen LogP contribution in [0.25, 0.3) is 0 Å². The van der Waals surface area contributed by atoms with Crippen molar-refractivity contribution in [2.75, 3.05) is 6.54 Å². The minimum absolute atomic E-state index is 0.119. The van der Waals surface area contributed by atoms with E-state index < -0.39 is 5.97 Å². The van der Waals surface area contributed by atoms with Crippen molar-refractivity contribution in [3.05, 3.63) is 65.2 Å². The van der Waals surface area contributed by atoms with Crippen LogP contribution in [0.3, 0.4) is 0 Å². The maximum atomic E-state index is 13.0. The molecule has 0 aliphatic rings. The first kappa shape index (κ1) is 14.6. The SMILES string of the molecule is O=C(NCCc1cccc(F)c1)c1ccc(C(=O)O)nc1. The number of nitrogens with zero attached hydrogens (tertiary/aromatic N) is 1. The van der Waals surface area contributed by atoms with E-state index in [1.807, 2.05) is 0 Å². The number of amides is 1. The van der Waals surface area contributed by atoms with Crippen molar-refractivity contribution < 1.29 is 19.1 Å². The molecule has 0 saturated carbocycles. The van der Waals surface area contributed by atoms with E-state index in [9.17, 15) is 14.0 Å². The standard InChI is InChI=1S/C15H13FN2O3/c16-12-3-1-2-10(8-12)6-7-17-14(19)11-4-5-13(15(20)21)18-9-11/h1-5,8-9H,6-7H2,(H,17,19)(H,20,21). The lowest BCUT2D eigenvalue weighted by Gasteiger charge is -2.05. The zero-order chi connectivity index (χ0) is 15.2. The van der Waals surface area contributed by atoms with Gasteiger partial charge in [-0.2, -0.15) is 0 Å². The van der Waals surface area contributed by atoms with Gasteiger partial charge in [-0.1, -0.05) is 12.1 Å². The number of carbonyl (C=O) groups excluding carboxylic acids is 1. The second-order valence-corrected chi connectivity index (χ2v) is 4.37. The van der Waals surface area contributed by atoms with Crippen molar-refractivity contribution in [3.8, 4) is 0 Å². The van der Waals surface area contributed by atoms with Gasteiger partial charge in [-0.3, -0.25) is 4.79 Å².